The minimum atomic E-state index is -0.0774. The normalized spacial score (nSPS) is 13.7. The molecule has 0 spiro atoms. The zero-order chi connectivity index (χ0) is 13.8. The molecule has 0 saturated carbocycles. The van der Waals surface area contributed by atoms with Crippen molar-refractivity contribution in [1.82, 2.24) is 0 Å². The number of hydrogen-bond donors (Lipinski definition) is 1. The van der Waals surface area contributed by atoms with E-state index in [9.17, 15) is 5.11 Å². The number of rotatable bonds is 9. The van der Waals surface area contributed by atoms with E-state index in [1.807, 2.05) is 6.21 Å². The molecule has 0 atom stereocenters. The zero-order valence-corrected chi connectivity index (χ0v) is 11.9. The Morgan fingerprint density at radius 2 is 2.06 bits per heavy atom. The van der Waals surface area contributed by atoms with Crippen molar-refractivity contribution in [2.75, 3.05) is 20.3 Å². The molecule has 18 heavy (non-hydrogen) atoms. The van der Waals surface area contributed by atoms with Crippen LogP contribution in [0.25, 0.3) is 0 Å². The first-order chi connectivity index (χ1) is 8.74. The Morgan fingerprint density at radius 3 is 2.50 bits per heavy atom. The molecule has 0 aromatic carbocycles. The van der Waals surface area contributed by atoms with E-state index < -0.39 is 0 Å². The van der Waals surface area contributed by atoms with E-state index in [-0.39, 0.29) is 6.61 Å². The van der Waals surface area contributed by atoms with Gasteiger partial charge in [0.1, 0.15) is 6.61 Å². The van der Waals surface area contributed by atoms with E-state index >= 15 is 0 Å². The van der Waals surface area contributed by atoms with E-state index in [1.165, 1.54) is 0 Å². The first kappa shape index (κ1) is 16.6. The summed E-state index contributed by atoms with van der Waals surface area (Å²) >= 11 is 0. The highest BCUT2D eigenvalue weighted by molar-refractivity contribution is 5.65. The number of methoxy groups -OCH3 is 1. The second-order valence-electron chi connectivity index (χ2n) is 3.83. The molecule has 3 heteroatoms. The van der Waals surface area contributed by atoms with E-state index in [2.05, 4.69) is 37.2 Å². The van der Waals surface area contributed by atoms with Crippen molar-refractivity contribution in [1.29, 1.82) is 0 Å². The van der Waals surface area contributed by atoms with Gasteiger partial charge in [0.2, 0.25) is 5.70 Å². The van der Waals surface area contributed by atoms with Crippen LogP contribution in [-0.4, -0.2) is 36.2 Å². The fraction of sp³-hybridized carbons (Fsp3) is 0.533. The van der Waals surface area contributed by atoms with Crippen LogP contribution in [-0.2, 0) is 4.74 Å². The molecule has 0 aromatic heterocycles. The largest absolute Gasteiger partial charge is 0.493 e. The summed E-state index contributed by atoms with van der Waals surface area (Å²) in [6.45, 7) is 8.69. The molecule has 0 aliphatic heterocycles. The standard InChI is InChI=1S/C15H26NO2/c1-5-8-9-10-12-16(11-6-2)14(7-3)15(13-17)18-4/h6,8-9,11,17H,2,5,7,10,12-13H2,1,3-4H3/q+1/b9-8-,15-14+,16-11?. The number of allylic oxidation sites excluding steroid dienone is 3. The number of ether oxygens (including phenoxy) is 1. The lowest BCUT2D eigenvalue weighted by atomic mass is 10.2. The maximum Gasteiger partial charge on any atom is 0.221 e. The smallest absolute Gasteiger partial charge is 0.221 e. The van der Waals surface area contributed by atoms with Gasteiger partial charge >= 0.3 is 0 Å². The molecule has 0 radical (unpaired) electrons. The minimum Gasteiger partial charge on any atom is -0.493 e. The summed E-state index contributed by atoms with van der Waals surface area (Å²) in [6, 6.07) is 0. The molecule has 102 valence electrons. The third-order valence-corrected chi connectivity index (χ3v) is 2.62. The third kappa shape index (κ3) is 5.82. The molecule has 0 aliphatic carbocycles. The second-order valence-corrected chi connectivity index (χ2v) is 3.83. The number of nitrogens with zero attached hydrogens (tertiary/aromatic N) is 1. The van der Waals surface area contributed by atoms with Gasteiger partial charge < -0.3 is 9.84 Å². The Morgan fingerprint density at radius 1 is 1.33 bits per heavy atom. The molecule has 0 aromatic rings. The average Bonchev–Trinajstić information content (AvgIpc) is 2.40. The van der Waals surface area contributed by atoms with E-state index in [1.54, 1.807) is 13.2 Å². The Kier molecular flexibility index (Phi) is 9.97. The lowest BCUT2D eigenvalue weighted by Gasteiger charge is -2.09. The van der Waals surface area contributed by atoms with Crippen LogP contribution in [0.4, 0.5) is 0 Å². The monoisotopic (exact) mass is 252 g/mol. The summed E-state index contributed by atoms with van der Waals surface area (Å²) in [6.07, 6.45) is 10.8. The summed E-state index contributed by atoms with van der Waals surface area (Å²) in [7, 11) is 1.59. The van der Waals surface area contributed by atoms with E-state index in [0.717, 1.165) is 31.5 Å². The predicted molar refractivity (Wildman–Crippen MR) is 76.8 cm³/mol. The van der Waals surface area contributed by atoms with Gasteiger partial charge in [-0.05, 0) is 12.5 Å². The van der Waals surface area contributed by atoms with E-state index in [4.69, 9.17) is 4.74 Å². The summed E-state index contributed by atoms with van der Waals surface area (Å²) in [5.41, 5.74) is 1.00. The molecule has 0 fully saturated rings. The van der Waals surface area contributed by atoms with Crippen molar-refractivity contribution in [2.45, 2.75) is 33.1 Å². The van der Waals surface area contributed by atoms with Gasteiger partial charge in [-0.2, -0.15) is 4.58 Å². The summed E-state index contributed by atoms with van der Waals surface area (Å²) in [4.78, 5) is 0. The SMILES string of the molecule is C=CC=[N+](CC/C=C\CC)/C(CC)=C(\CO)OC. The zero-order valence-electron chi connectivity index (χ0n) is 11.9. The Labute approximate surface area is 111 Å². The first-order valence-electron chi connectivity index (χ1n) is 6.49. The van der Waals surface area contributed by atoms with Gasteiger partial charge in [0, 0.05) is 12.8 Å². The quantitative estimate of drug-likeness (QED) is 0.296. The molecule has 0 saturated heterocycles. The van der Waals surface area contributed by atoms with Crippen molar-refractivity contribution < 1.29 is 14.4 Å². The molecule has 0 unspecified atom stereocenters. The summed E-state index contributed by atoms with van der Waals surface area (Å²) < 4.78 is 7.31. The van der Waals surface area contributed by atoms with Crippen LogP contribution >= 0.6 is 0 Å². The summed E-state index contributed by atoms with van der Waals surface area (Å²) in [5.74, 6) is 0.620. The van der Waals surface area contributed by atoms with Crippen molar-refractivity contribution in [2.24, 2.45) is 0 Å². The summed E-state index contributed by atoms with van der Waals surface area (Å²) in [5, 5.41) is 9.29. The third-order valence-electron chi connectivity index (χ3n) is 2.62. The Balaban J connectivity index is 4.96. The van der Waals surface area contributed by atoms with Gasteiger partial charge in [-0.25, -0.2) is 0 Å². The predicted octanol–water partition coefficient (Wildman–Crippen LogP) is 2.87. The lowest BCUT2D eigenvalue weighted by Crippen LogP contribution is -2.17. The number of aliphatic hydroxyl groups excluding tert-OH is 1. The molecule has 0 bridgehead atoms. The molecular formula is C15H26NO2+. The average molecular weight is 252 g/mol. The molecule has 3 nitrogen and oxygen atoms in total. The van der Waals surface area contributed by atoms with E-state index in [0.29, 0.717) is 5.76 Å². The fourth-order valence-corrected chi connectivity index (χ4v) is 1.76. The van der Waals surface area contributed by atoms with Gasteiger partial charge in [-0.3, -0.25) is 0 Å². The van der Waals surface area contributed by atoms with Crippen LogP contribution in [0, 0.1) is 0 Å². The Hall–Kier alpha value is -1.35. The Bertz CT molecular complexity index is 321. The van der Waals surface area contributed by atoms with Crippen LogP contribution in [0.1, 0.15) is 33.1 Å². The highest BCUT2D eigenvalue weighted by Crippen LogP contribution is 2.11. The molecule has 0 aliphatic rings. The van der Waals surface area contributed by atoms with Crippen LogP contribution in [0.5, 0.6) is 0 Å². The minimum absolute atomic E-state index is 0.0774. The van der Waals surface area contributed by atoms with Crippen molar-refractivity contribution in [3.05, 3.63) is 36.3 Å². The van der Waals surface area contributed by atoms with Crippen LogP contribution in [0.15, 0.2) is 36.3 Å². The molecule has 0 rings (SSSR count). The van der Waals surface area contributed by atoms with Crippen LogP contribution < -0.4 is 0 Å². The fourth-order valence-electron chi connectivity index (χ4n) is 1.76. The van der Waals surface area contributed by atoms with Crippen LogP contribution in [0.2, 0.25) is 0 Å². The maximum atomic E-state index is 9.29. The highest BCUT2D eigenvalue weighted by Gasteiger charge is 2.16. The van der Waals surface area contributed by atoms with Crippen molar-refractivity contribution in [3.63, 3.8) is 0 Å². The molecule has 1 N–H and O–H groups in total. The van der Waals surface area contributed by atoms with Crippen molar-refractivity contribution >= 4 is 6.21 Å². The highest BCUT2D eigenvalue weighted by atomic mass is 16.5. The van der Waals surface area contributed by atoms with Gasteiger partial charge in [0.05, 0.1) is 7.11 Å². The van der Waals surface area contributed by atoms with Gasteiger partial charge in [0.25, 0.3) is 0 Å². The van der Waals surface area contributed by atoms with Gasteiger partial charge in [-0.1, -0.05) is 32.6 Å². The molecular weight excluding hydrogens is 226 g/mol. The maximum absolute atomic E-state index is 9.29. The van der Waals surface area contributed by atoms with Crippen LogP contribution in [0.3, 0.4) is 0 Å². The van der Waals surface area contributed by atoms with Gasteiger partial charge in [-0.15, -0.1) is 0 Å². The topological polar surface area (TPSA) is 32.5 Å². The first-order valence-corrected chi connectivity index (χ1v) is 6.49. The molecule has 0 heterocycles. The number of hydrogen-bond acceptors (Lipinski definition) is 2. The lowest BCUT2D eigenvalue weighted by molar-refractivity contribution is -0.476. The molecule has 0 amide bonds. The second kappa shape index (κ2) is 10.8. The number of aliphatic hydroxyl groups is 1. The van der Waals surface area contributed by atoms with Crippen molar-refractivity contribution in [3.8, 4) is 0 Å². The van der Waals surface area contributed by atoms with Gasteiger partial charge in [0.15, 0.2) is 18.5 Å².